The summed E-state index contributed by atoms with van der Waals surface area (Å²) in [5, 5.41) is 0. The number of carbonyl (C=O) groups excluding carboxylic acids is 1. The monoisotopic (exact) mass is 227 g/mol. The minimum absolute atomic E-state index is 0.0573. The van der Waals surface area contributed by atoms with Crippen molar-refractivity contribution in [1.82, 2.24) is 9.97 Å². The summed E-state index contributed by atoms with van der Waals surface area (Å²) in [7, 11) is 0. The highest BCUT2D eigenvalue weighted by molar-refractivity contribution is 6.01. The Balaban J connectivity index is 2.67. The molecule has 2 rings (SSSR count). The second-order valence-electron chi connectivity index (χ2n) is 3.87. The van der Waals surface area contributed by atoms with Crippen molar-refractivity contribution in [1.29, 1.82) is 0 Å². The van der Waals surface area contributed by atoms with E-state index in [2.05, 4.69) is 9.97 Å². The van der Waals surface area contributed by atoms with Gasteiger partial charge >= 0.3 is 0 Å². The van der Waals surface area contributed by atoms with E-state index < -0.39 is 0 Å². The molecule has 0 aliphatic rings. The van der Waals surface area contributed by atoms with Crippen LogP contribution in [0.3, 0.4) is 0 Å². The molecule has 0 saturated heterocycles. The normalized spacial score (nSPS) is 10.2. The summed E-state index contributed by atoms with van der Waals surface area (Å²) >= 11 is 0. The number of anilines is 1. The number of hydrogen-bond acceptors (Lipinski definition) is 4. The van der Waals surface area contributed by atoms with E-state index >= 15 is 0 Å². The van der Waals surface area contributed by atoms with Gasteiger partial charge in [0, 0.05) is 29.2 Å². The summed E-state index contributed by atoms with van der Waals surface area (Å²) in [5.74, 6) is -0.0573. The number of ketones is 1. The average Bonchev–Trinajstić information content (AvgIpc) is 2.32. The molecule has 0 aliphatic carbocycles. The maximum absolute atomic E-state index is 11.5. The molecule has 0 fully saturated rings. The van der Waals surface area contributed by atoms with E-state index in [-0.39, 0.29) is 5.78 Å². The first kappa shape index (κ1) is 11.3. The van der Waals surface area contributed by atoms with Crippen LogP contribution in [0.4, 0.5) is 5.69 Å². The first-order valence-electron chi connectivity index (χ1n) is 5.28. The van der Waals surface area contributed by atoms with E-state index in [4.69, 9.17) is 5.73 Å². The van der Waals surface area contributed by atoms with Crippen LogP contribution in [0, 0.1) is 6.92 Å². The first-order valence-corrected chi connectivity index (χ1v) is 5.28. The minimum Gasteiger partial charge on any atom is -0.396 e. The highest BCUT2D eigenvalue weighted by Crippen LogP contribution is 2.26. The molecule has 0 amide bonds. The van der Waals surface area contributed by atoms with Crippen LogP contribution in [-0.2, 0) is 0 Å². The molecule has 0 aliphatic heterocycles. The second kappa shape index (κ2) is 4.33. The average molecular weight is 227 g/mol. The molecule has 0 aromatic carbocycles. The molecular formula is C13H13N3O. The summed E-state index contributed by atoms with van der Waals surface area (Å²) in [5.41, 5.74) is 9.09. The Morgan fingerprint density at radius 1 is 1.41 bits per heavy atom. The van der Waals surface area contributed by atoms with Crippen molar-refractivity contribution in [3.8, 4) is 11.3 Å². The molecule has 4 heteroatoms. The SMILES string of the molecule is CC(=O)c1cc(C)nc(-c2cccnc2)c1N. The van der Waals surface area contributed by atoms with Gasteiger partial charge in [0.2, 0.25) is 0 Å². The third-order valence-electron chi connectivity index (χ3n) is 2.50. The summed E-state index contributed by atoms with van der Waals surface area (Å²) < 4.78 is 0. The van der Waals surface area contributed by atoms with Gasteiger partial charge in [0.25, 0.3) is 0 Å². The number of aryl methyl sites for hydroxylation is 1. The Labute approximate surface area is 99.5 Å². The fourth-order valence-electron chi connectivity index (χ4n) is 1.70. The van der Waals surface area contributed by atoms with Crippen molar-refractivity contribution < 1.29 is 4.79 Å². The van der Waals surface area contributed by atoms with Crippen LogP contribution in [0.2, 0.25) is 0 Å². The number of Topliss-reactive ketones (excluding diaryl/α,β-unsaturated/α-hetero) is 1. The summed E-state index contributed by atoms with van der Waals surface area (Å²) in [6, 6.07) is 5.39. The highest BCUT2D eigenvalue weighted by Gasteiger charge is 2.13. The fraction of sp³-hybridized carbons (Fsp3) is 0.154. The third kappa shape index (κ3) is 2.15. The fourth-order valence-corrected chi connectivity index (χ4v) is 1.70. The van der Waals surface area contributed by atoms with E-state index in [1.807, 2.05) is 19.1 Å². The zero-order valence-corrected chi connectivity index (χ0v) is 9.77. The predicted molar refractivity (Wildman–Crippen MR) is 66.6 cm³/mol. The Morgan fingerprint density at radius 3 is 2.76 bits per heavy atom. The molecule has 2 N–H and O–H groups in total. The van der Waals surface area contributed by atoms with Gasteiger partial charge in [0.05, 0.1) is 11.4 Å². The molecule has 17 heavy (non-hydrogen) atoms. The van der Waals surface area contributed by atoms with Gasteiger partial charge in [-0.1, -0.05) is 0 Å². The van der Waals surface area contributed by atoms with Crippen LogP contribution in [0.25, 0.3) is 11.3 Å². The maximum Gasteiger partial charge on any atom is 0.162 e. The van der Waals surface area contributed by atoms with Gasteiger partial charge in [0.1, 0.15) is 0 Å². The summed E-state index contributed by atoms with van der Waals surface area (Å²) in [6.45, 7) is 3.34. The molecule has 4 nitrogen and oxygen atoms in total. The molecular weight excluding hydrogens is 214 g/mol. The molecule has 0 radical (unpaired) electrons. The summed E-state index contributed by atoms with van der Waals surface area (Å²) in [4.78, 5) is 19.9. The number of nitrogens with two attached hydrogens (primary N) is 1. The third-order valence-corrected chi connectivity index (χ3v) is 2.50. The van der Waals surface area contributed by atoms with Gasteiger partial charge < -0.3 is 5.73 Å². The molecule has 86 valence electrons. The lowest BCUT2D eigenvalue weighted by Crippen LogP contribution is -2.05. The molecule has 0 spiro atoms. The first-order chi connectivity index (χ1) is 8.09. The van der Waals surface area contributed by atoms with E-state index in [0.717, 1.165) is 11.3 Å². The number of rotatable bonds is 2. The second-order valence-corrected chi connectivity index (χ2v) is 3.87. The van der Waals surface area contributed by atoms with Crippen molar-refractivity contribution in [3.63, 3.8) is 0 Å². The van der Waals surface area contributed by atoms with Crippen molar-refractivity contribution >= 4 is 11.5 Å². The number of aromatic nitrogens is 2. The Kier molecular flexibility index (Phi) is 2.87. The molecule has 0 unspecified atom stereocenters. The lowest BCUT2D eigenvalue weighted by atomic mass is 10.0. The van der Waals surface area contributed by atoms with E-state index in [0.29, 0.717) is 16.9 Å². The number of carbonyl (C=O) groups is 1. The van der Waals surface area contributed by atoms with Crippen molar-refractivity contribution in [2.75, 3.05) is 5.73 Å². The molecule has 2 heterocycles. The maximum atomic E-state index is 11.5. The number of hydrogen-bond donors (Lipinski definition) is 1. The predicted octanol–water partition coefficient (Wildman–Crippen LogP) is 2.24. The van der Waals surface area contributed by atoms with Gasteiger partial charge in [0.15, 0.2) is 5.78 Å². The molecule has 2 aromatic heterocycles. The van der Waals surface area contributed by atoms with Crippen molar-refractivity contribution in [3.05, 3.63) is 41.9 Å². The summed E-state index contributed by atoms with van der Waals surface area (Å²) in [6.07, 6.45) is 3.36. The van der Waals surface area contributed by atoms with Gasteiger partial charge in [-0.05, 0) is 32.0 Å². The smallest absolute Gasteiger partial charge is 0.162 e. The van der Waals surface area contributed by atoms with Crippen LogP contribution in [0.1, 0.15) is 23.0 Å². The molecule has 0 bridgehead atoms. The Bertz CT molecular complexity index is 564. The van der Waals surface area contributed by atoms with Crippen molar-refractivity contribution in [2.24, 2.45) is 0 Å². The molecule has 0 saturated carbocycles. The van der Waals surface area contributed by atoms with Crippen LogP contribution in [0.5, 0.6) is 0 Å². The highest BCUT2D eigenvalue weighted by atomic mass is 16.1. The van der Waals surface area contributed by atoms with Crippen LogP contribution < -0.4 is 5.73 Å². The van der Waals surface area contributed by atoms with E-state index in [9.17, 15) is 4.79 Å². The topological polar surface area (TPSA) is 68.9 Å². The van der Waals surface area contributed by atoms with Gasteiger partial charge in [-0.15, -0.1) is 0 Å². The quantitative estimate of drug-likeness (QED) is 0.799. The molecule has 2 aromatic rings. The van der Waals surface area contributed by atoms with Crippen LogP contribution >= 0.6 is 0 Å². The Morgan fingerprint density at radius 2 is 2.18 bits per heavy atom. The zero-order valence-electron chi connectivity index (χ0n) is 9.77. The number of pyridine rings is 2. The molecule has 0 atom stereocenters. The van der Waals surface area contributed by atoms with Crippen molar-refractivity contribution in [2.45, 2.75) is 13.8 Å². The van der Waals surface area contributed by atoms with Gasteiger partial charge in [-0.25, -0.2) is 0 Å². The lowest BCUT2D eigenvalue weighted by Gasteiger charge is -2.09. The van der Waals surface area contributed by atoms with E-state index in [1.54, 1.807) is 18.5 Å². The van der Waals surface area contributed by atoms with E-state index in [1.165, 1.54) is 6.92 Å². The number of nitrogens with zero attached hydrogens (tertiary/aromatic N) is 2. The van der Waals surface area contributed by atoms with Crippen LogP contribution in [0.15, 0.2) is 30.6 Å². The zero-order chi connectivity index (χ0) is 12.4. The lowest BCUT2D eigenvalue weighted by molar-refractivity contribution is 0.101. The largest absolute Gasteiger partial charge is 0.396 e. The van der Waals surface area contributed by atoms with Gasteiger partial charge in [-0.2, -0.15) is 0 Å². The minimum atomic E-state index is -0.0573. The standard InChI is InChI=1S/C13H13N3O/c1-8-6-11(9(2)17)12(14)13(16-8)10-4-3-5-15-7-10/h3-7H,14H2,1-2H3. The number of nitrogen functional groups attached to an aromatic ring is 1. The van der Waals surface area contributed by atoms with Crippen LogP contribution in [-0.4, -0.2) is 15.8 Å². The Hall–Kier alpha value is -2.23. The van der Waals surface area contributed by atoms with Gasteiger partial charge in [-0.3, -0.25) is 14.8 Å².